The molecule has 0 fully saturated rings. The number of methoxy groups -OCH3 is 1. The van der Waals surface area contributed by atoms with Gasteiger partial charge in [0.05, 0.1) is 19.1 Å². The molecule has 0 aromatic heterocycles. The Bertz CT molecular complexity index is 1140. The maximum atomic E-state index is 13.6. The fourth-order valence-corrected chi connectivity index (χ4v) is 4.70. The fraction of sp³-hybridized carbons (Fsp3) is 0.417. The van der Waals surface area contributed by atoms with E-state index in [9.17, 15) is 18.0 Å². The predicted molar refractivity (Wildman–Crippen MR) is 140 cm³/mol. The Balaban J connectivity index is 2.42. The Labute approximate surface area is 217 Å². The van der Waals surface area contributed by atoms with Crippen LogP contribution in [-0.2, 0) is 26.2 Å². The van der Waals surface area contributed by atoms with Gasteiger partial charge in [0.2, 0.25) is 21.8 Å². The summed E-state index contributed by atoms with van der Waals surface area (Å²) >= 11 is 12.3. The number of benzene rings is 2. The lowest BCUT2D eigenvalue weighted by molar-refractivity contribution is -0.139. The summed E-state index contributed by atoms with van der Waals surface area (Å²) in [6.07, 6.45) is 2.71. The zero-order chi connectivity index (χ0) is 26.2. The monoisotopic (exact) mass is 543 g/mol. The molecule has 0 spiro atoms. The average Bonchev–Trinajstić information content (AvgIpc) is 2.80. The van der Waals surface area contributed by atoms with E-state index in [1.165, 1.54) is 12.0 Å². The lowest BCUT2D eigenvalue weighted by Crippen LogP contribution is -2.51. The topological polar surface area (TPSA) is 96.0 Å². The summed E-state index contributed by atoms with van der Waals surface area (Å²) in [5, 5.41) is 3.59. The van der Waals surface area contributed by atoms with E-state index in [0.29, 0.717) is 27.9 Å². The smallest absolute Gasteiger partial charge is 0.244 e. The molecule has 2 aromatic rings. The van der Waals surface area contributed by atoms with Crippen molar-refractivity contribution in [2.24, 2.45) is 0 Å². The van der Waals surface area contributed by atoms with Crippen LogP contribution in [0, 0.1) is 0 Å². The lowest BCUT2D eigenvalue weighted by Gasteiger charge is -2.32. The standard InChI is InChI=1S/C24H31Cl2N3O5S/c1-5-6-13-27-24(31)17(2)28(15-18-11-12-19(25)14-20(18)26)23(30)16-29(35(4,32)33)21-9-7-8-10-22(21)34-3/h7-12,14,17H,5-6,13,15-16H2,1-4H3,(H,27,31)/t17-/m1/s1. The molecule has 0 aliphatic heterocycles. The van der Waals surface area contributed by atoms with E-state index in [1.54, 1.807) is 49.4 Å². The third kappa shape index (κ3) is 8.02. The summed E-state index contributed by atoms with van der Waals surface area (Å²) in [6.45, 7) is 3.53. The van der Waals surface area contributed by atoms with Crippen molar-refractivity contribution < 1.29 is 22.7 Å². The third-order valence-electron chi connectivity index (χ3n) is 5.39. The first-order chi connectivity index (χ1) is 16.5. The van der Waals surface area contributed by atoms with Crippen molar-refractivity contribution in [1.29, 1.82) is 0 Å². The van der Waals surface area contributed by atoms with Crippen LogP contribution in [0.2, 0.25) is 10.0 Å². The zero-order valence-corrected chi connectivity index (χ0v) is 22.6. The fourth-order valence-electron chi connectivity index (χ4n) is 3.38. The SMILES string of the molecule is CCCCNC(=O)[C@@H](C)N(Cc1ccc(Cl)cc1Cl)C(=O)CN(c1ccccc1OC)S(C)(=O)=O. The number of rotatable bonds is 12. The van der Waals surface area contributed by atoms with E-state index >= 15 is 0 Å². The Morgan fingerprint density at radius 3 is 2.43 bits per heavy atom. The minimum Gasteiger partial charge on any atom is -0.495 e. The molecular formula is C24H31Cl2N3O5S. The van der Waals surface area contributed by atoms with Crippen molar-refractivity contribution >= 4 is 50.7 Å². The van der Waals surface area contributed by atoms with E-state index in [-0.39, 0.29) is 18.1 Å². The molecule has 2 rings (SSSR count). The quantitative estimate of drug-likeness (QED) is 0.406. The van der Waals surface area contributed by atoms with Crippen molar-refractivity contribution in [1.82, 2.24) is 10.2 Å². The number of ether oxygens (including phenoxy) is 1. The number of halogens is 2. The van der Waals surface area contributed by atoms with Crippen molar-refractivity contribution in [3.63, 3.8) is 0 Å². The maximum Gasteiger partial charge on any atom is 0.244 e. The van der Waals surface area contributed by atoms with E-state index in [0.717, 1.165) is 23.4 Å². The van der Waals surface area contributed by atoms with Crippen LogP contribution >= 0.6 is 23.2 Å². The molecule has 1 N–H and O–H groups in total. The molecule has 2 amide bonds. The molecule has 0 saturated carbocycles. The number of hydrogen-bond acceptors (Lipinski definition) is 5. The second-order valence-electron chi connectivity index (χ2n) is 8.02. The summed E-state index contributed by atoms with van der Waals surface area (Å²) in [5.41, 5.74) is 0.788. The van der Waals surface area contributed by atoms with Gasteiger partial charge in [-0.25, -0.2) is 8.42 Å². The molecule has 0 bridgehead atoms. The van der Waals surface area contributed by atoms with Gasteiger partial charge in [0.1, 0.15) is 18.3 Å². The van der Waals surface area contributed by atoms with Gasteiger partial charge in [0.25, 0.3) is 0 Å². The molecule has 0 saturated heterocycles. The minimum atomic E-state index is -3.87. The van der Waals surface area contributed by atoms with Crippen LogP contribution in [0.4, 0.5) is 5.69 Å². The molecule has 0 aliphatic carbocycles. The van der Waals surface area contributed by atoms with Crippen LogP contribution in [0.15, 0.2) is 42.5 Å². The van der Waals surface area contributed by atoms with Crippen LogP contribution in [0.25, 0.3) is 0 Å². The van der Waals surface area contributed by atoms with Crippen molar-refractivity contribution in [3.8, 4) is 5.75 Å². The molecule has 11 heteroatoms. The maximum absolute atomic E-state index is 13.6. The summed E-state index contributed by atoms with van der Waals surface area (Å²) in [4.78, 5) is 27.7. The van der Waals surface area contributed by atoms with Crippen LogP contribution < -0.4 is 14.4 Å². The first kappa shape index (κ1) is 28.7. The number of nitrogens with one attached hydrogen (secondary N) is 1. The molecule has 2 aromatic carbocycles. The second-order valence-corrected chi connectivity index (χ2v) is 10.8. The largest absolute Gasteiger partial charge is 0.495 e. The molecule has 0 heterocycles. The zero-order valence-electron chi connectivity index (χ0n) is 20.3. The van der Waals surface area contributed by atoms with Crippen molar-refractivity contribution in [2.45, 2.75) is 39.3 Å². The Hall–Kier alpha value is -2.49. The summed E-state index contributed by atoms with van der Waals surface area (Å²) in [5.74, 6) is -0.631. The first-order valence-electron chi connectivity index (χ1n) is 11.1. The second kappa shape index (κ2) is 13.0. The molecule has 35 heavy (non-hydrogen) atoms. The number of unbranched alkanes of at least 4 members (excludes halogenated alkanes) is 1. The van der Waals surface area contributed by atoms with E-state index < -0.39 is 28.5 Å². The molecule has 1 atom stereocenters. The van der Waals surface area contributed by atoms with E-state index in [1.807, 2.05) is 6.92 Å². The van der Waals surface area contributed by atoms with Gasteiger partial charge in [0.15, 0.2) is 0 Å². The molecule has 0 aliphatic rings. The highest BCUT2D eigenvalue weighted by Gasteiger charge is 2.31. The molecular weight excluding hydrogens is 513 g/mol. The molecule has 0 radical (unpaired) electrons. The van der Waals surface area contributed by atoms with Crippen molar-refractivity contribution in [2.75, 3.05) is 30.8 Å². The molecule has 8 nitrogen and oxygen atoms in total. The number of para-hydroxylation sites is 2. The van der Waals surface area contributed by atoms with Crippen LogP contribution in [-0.4, -0.2) is 57.6 Å². The summed E-state index contributed by atoms with van der Waals surface area (Å²) < 4.78 is 31.6. The van der Waals surface area contributed by atoms with Gasteiger partial charge in [-0.2, -0.15) is 0 Å². The van der Waals surface area contributed by atoms with Gasteiger partial charge < -0.3 is 15.0 Å². The Morgan fingerprint density at radius 2 is 1.83 bits per heavy atom. The van der Waals surface area contributed by atoms with Gasteiger partial charge >= 0.3 is 0 Å². The van der Waals surface area contributed by atoms with Crippen LogP contribution in [0.5, 0.6) is 5.75 Å². The number of amides is 2. The van der Waals surface area contributed by atoms with Crippen molar-refractivity contribution in [3.05, 3.63) is 58.1 Å². The number of sulfonamides is 1. The van der Waals surface area contributed by atoms with Gasteiger partial charge in [-0.3, -0.25) is 13.9 Å². The average molecular weight is 545 g/mol. The van der Waals surface area contributed by atoms with E-state index in [2.05, 4.69) is 5.32 Å². The number of carbonyl (C=O) groups is 2. The molecule has 192 valence electrons. The Kier molecular flexibility index (Phi) is 10.7. The molecule has 0 unspecified atom stereocenters. The Morgan fingerprint density at radius 1 is 1.14 bits per heavy atom. The highest BCUT2D eigenvalue weighted by Crippen LogP contribution is 2.30. The number of nitrogens with zero attached hydrogens (tertiary/aromatic N) is 2. The normalized spacial score (nSPS) is 12.1. The minimum absolute atomic E-state index is 0.0132. The highest BCUT2D eigenvalue weighted by atomic mass is 35.5. The van der Waals surface area contributed by atoms with Gasteiger partial charge in [0, 0.05) is 23.1 Å². The van der Waals surface area contributed by atoms with Gasteiger partial charge in [-0.1, -0.05) is 54.7 Å². The third-order valence-corrected chi connectivity index (χ3v) is 7.10. The highest BCUT2D eigenvalue weighted by molar-refractivity contribution is 7.92. The van der Waals surface area contributed by atoms with Gasteiger partial charge in [-0.15, -0.1) is 0 Å². The first-order valence-corrected chi connectivity index (χ1v) is 13.7. The number of hydrogen-bond donors (Lipinski definition) is 1. The number of anilines is 1. The van der Waals surface area contributed by atoms with Crippen LogP contribution in [0.1, 0.15) is 32.3 Å². The van der Waals surface area contributed by atoms with Gasteiger partial charge in [-0.05, 0) is 43.2 Å². The summed E-state index contributed by atoms with van der Waals surface area (Å²) in [6, 6.07) is 10.5. The van der Waals surface area contributed by atoms with E-state index in [4.69, 9.17) is 27.9 Å². The van der Waals surface area contributed by atoms with Crippen LogP contribution in [0.3, 0.4) is 0 Å². The summed E-state index contributed by atoms with van der Waals surface area (Å²) in [7, 11) is -2.45. The lowest BCUT2D eigenvalue weighted by atomic mass is 10.1. The predicted octanol–water partition coefficient (Wildman–Crippen LogP) is 4.10. The number of carbonyl (C=O) groups excluding carboxylic acids is 2.